The van der Waals surface area contributed by atoms with Crippen molar-refractivity contribution in [3.8, 4) is 22.9 Å². The van der Waals surface area contributed by atoms with Gasteiger partial charge in [-0.3, -0.25) is 4.57 Å². The lowest BCUT2D eigenvalue weighted by molar-refractivity contribution is 0.182. The van der Waals surface area contributed by atoms with Gasteiger partial charge in [0.2, 0.25) is 5.88 Å². The summed E-state index contributed by atoms with van der Waals surface area (Å²) in [5.74, 6) is -0.403. The molecule has 18 heavy (non-hydrogen) atoms. The molecule has 0 bridgehead atoms. The van der Waals surface area contributed by atoms with Gasteiger partial charge in [-0.1, -0.05) is 0 Å². The third kappa shape index (κ3) is 1.75. The van der Waals surface area contributed by atoms with Crippen molar-refractivity contribution in [1.82, 2.24) is 9.13 Å². The molecule has 0 spiro atoms. The number of rotatable bonds is 3. The topological polar surface area (TPSA) is 108 Å². The van der Waals surface area contributed by atoms with Crippen molar-refractivity contribution >= 4 is 0 Å². The first-order valence-electron chi connectivity index (χ1n) is 5.13. The molecule has 7 nitrogen and oxygen atoms in total. The number of imidazole rings is 1. The first-order chi connectivity index (χ1) is 8.60. The molecule has 1 aromatic heterocycles. The highest BCUT2D eigenvalue weighted by Gasteiger charge is 2.19. The van der Waals surface area contributed by atoms with E-state index in [1.807, 2.05) is 0 Å². The molecular weight excluding hydrogens is 240 g/mol. The molecular formula is C11H12N2O5. The highest BCUT2D eigenvalue weighted by molar-refractivity contribution is 5.65. The minimum absolute atomic E-state index is 0.0396. The van der Waals surface area contributed by atoms with Gasteiger partial charge in [0, 0.05) is 5.56 Å². The summed E-state index contributed by atoms with van der Waals surface area (Å²) in [6.07, 6.45) is 0. The van der Waals surface area contributed by atoms with Gasteiger partial charge in [0.15, 0.2) is 0 Å². The normalized spacial score (nSPS) is 10.8. The summed E-state index contributed by atoms with van der Waals surface area (Å²) in [4.78, 5) is 11.7. The molecule has 4 N–H and O–H groups in total. The number of aromatic nitrogens is 2. The Hall–Kier alpha value is -2.25. The lowest BCUT2D eigenvalue weighted by Gasteiger charge is -2.04. The largest absolute Gasteiger partial charge is 0.508 e. The van der Waals surface area contributed by atoms with E-state index >= 15 is 0 Å². The second kappa shape index (κ2) is 4.55. The maximum absolute atomic E-state index is 11.7. The molecule has 0 aliphatic rings. The average molecular weight is 252 g/mol. The van der Waals surface area contributed by atoms with Crippen molar-refractivity contribution in [3.63, 3.8) is 0 Å². The van der Waals surface area contributed by atoms with Crippen molar-refractivity contribution < 1.29 is 20.4 Å². The molecule has 2 aromatic rings. The number of benzene rings is 1. The molecule has 0 unspecified atom stereocenters. The van der Waals surface area contributed by atoms with Crippen molar-refractivity contribution in [2.45, 2.75) is 13.5 Å². The molecule has 0 aliphatic carbocycles. The van der Waals surface area contributed by atoms with Crippen LogP contribution in [0.25, 0.3) is 11.3 Å². The lowest BCUT2D eigenvalue weighted by atomic mass is 10.1. The van der Waals surface area contributed by atoms with Crippen molar-refractivity contribution in [1.29, 1.82) is 0 Å². The van der Waals surface area contributed by atoms with Gasteiger partial charge < -0.3 is 20.4 Å². The van der Waals surface area contributed by atoms with Crippen LogP contribution in [0.5, 0.6) is 11.6 Å². The second-order valence-electron chi connectivity index (χ2n) is 3.64. The Morgan fingerprint density at radius 3 is 2.00 bits per heavy atom. The molecule has 0 saturated carbocycles. The molecule has 96 valence electrons. The molecule has 1 heterocycles. The highest BCUT2D eigenvalue weighted by atomic mass is 16.3. The molecule has 0 atom stereocenters. The van der Waals surface area contributed by atoms with E-state index in [0.29, 0.717) is 5.56 Å². The number of aliphatic hydroxyl groups excluding tert-OH is 2. The predicted molar refractivity (Wildman–Crippen MR) is 61.9 cm³/mol. The number of hydrogen-bond donors (Lipinski definition) is 4. The summed E-state index contributed by atoms with van der Waals surface area (Å²) < 4.78 is 1.64. The Morgan fingerprint density at radius 2 is 1.50 bits per heavy atom. The van der Waals surface area contributed by atoms with Crippen LogP contribution in [0, 0.1) is 0 Å². The van der Waals surface area contributed by atoms with E-state index in [4.69, 9.17) is 10.2 Å². The molecule has 0 radical (unpaired) electrons. The summed E-state index contributed by atoms with van der Waals surface area (Å²) in [5, 5.41) is 37.2. The first kappa shape index (κ1) is 12.2. The Labute approximate surface area is 101 Å². The molecule has 2 rings (SSSR count). The fraction of sp³-hybridized carbons (Fsp3) is 0.182. The molecule has 7 heteroatoms. The molecule has 0 amide bonds. The number of aromatic hydroxyl groups is 2. The zero-order valence-electron chi connectivity index (χ0n) is 9.32. The quantitative estimate of drug-likeness (QED) is 0.596. The van der Waals surface area contributed by atoms with Gasteiger partial charge in [-0.15, -0.1) is 0 Å². The zero-order valence-corrected chi connectivity index (χ0v) is 9.32. The van der Waals surface area contributed by atoms with E-state index in [1.54, 1.807) is 0 Å². The van der Waals surface area contributed by atoms with Gasteiger partial charge in [0.1, 0.15) is 24.9 Å². The van der Waals surface area contributed by atoms with Gasteiger partial charge in [-0.05, 0) is 24.3 Å². The first-order valence-corrected chi connectivity index (χ1v) is 5.13. The average Bonchev–Trinajstić information content (AvgIpc) is 2.61. The van der Waals surface area contributed by atoms with E-state index in [0.717, 1.165) is 9.13 Å². The minimum atomic E-state index is -0.722. The van der Waals surface area contributed by atoms with Crippen molar-refractivity contribution in [2.24, 2.45) is 0 Å². The van der Waals surface area contributed by atoms with Crippen LogP contribution in [-0.2, 0) is 13.5 Å². The minimum Gasteiger partial charge on any atom is -0.508 e. The molecule has 0 fully saturated rings. The smallest absolute Gasteiger partial charge is 0.335 e. The Kier molecular flexibility index (Phi) is 3.09. The highest BCUT2D eigenvalue weighted by Crippen LogP contribution is 2.29. The lowest BCUT2D eigenvalue weighted by Crippen LogP contribution is -2.24. The van der Waals surface area contributed by atoms with Crippen LogP contribution < -0.4 is 5.69 Å². The summed E-state index contributed by atoms with van der Waals surface area (Å²) >= 11 is 0. The van der Waals surface area contributed by atoms with Crippen LogP contribution in [0.2, 0.25) is 0 Å². The van der Waals surface area contributed by atoms with Crippen LogP contribution in [0.3, 0.4) is 0 Å². The Morgan fingerprint density at radius 1 is 0.944 bits per heavy atom. The number of hydrogen-bond acceptors (Lipinski definition) is 5. The van der Waals surface area contributed by atoms with Crippen LogP contribution in [-0.4, -0.2) is 29.6 Å². The predicted octanol–water partition coefficient (Wildman–Crippen LogP) is -0.372. The van der Waals surface area contributed by atoms with Gasteiger partial charge in [0.05, 0.1) is 0 Å². The molecule has 1 aromatic carbocycles. The van der Waals surface area contributed by atoms with Gasteiger partial charge >= 0.3 is 5.69 Å². The van der Waals surface area contributed by atoms with Crippen LogP contribution >= 0.6 is 0 Å². The van der Waals surface area contributed by atoms with E-state index in [1.165, 1.54) is 24.3 Å². The van der Waals surface area contributed by atoms with Crippen LogP contribution in [0.4, 0.5) is 0 Å². The van der Waals surface area contributed by atoms with Crippen LogP contribution in [0.1, 0.15) is 0 Å². The standard InChI is InChI=1S/C11H12N2O5/c14-5-12-9(7-1-3-8(16)4-2-7)10(17)13(6-15)11(12)18/h1-4,14-17H,5-6H2. The fourth-order valence-electron chi connectivity index (χ4n) is 1.74. The Bertz CT molecular complexity index is 612. The van der Waals surface area contributed by atoms with E-state index in [2.05, 4.69) is 0 Å². The van der Waals surface area contributed by atoms with Gasteiger partial charge in [-0.25, -0.2) is 9.36 Å². The number of phenols is 1. The van der Waals surface area contributed by atoms with Crippen molar-refractivity contribution in [3.05, 3.63) is 34.7 Å². The summed E-state index contributed by atoms with van der Waals surface area (Å²) in [6, 6.07) is 5.74. The number of aliphatic hydroxyl groups is 2. The van der Waals surface area contributed by atoms with Gasteiger partial charge in [0.25, 0.3) is 0 Å². The molecule has 0 aliphatic heterocycles. The van der Waals surface area contributed by atoms with E-state index in [-0.39, 0.29) is 11.4 Å². The van der Waals surface area contributed by atoms with Crippen molar-refractivity contribution in [2.75, 3.05) is 0 Å². The third-order valence-electron chi connectivity index (χ3n) is 2.62. The third-order valence-corrected chi connectivity index (χ3v) is 2.62. The molecule has 0 saturated heterocycles. The second-order valence-corrected chi connectivity index (χ2v) is 3.64. The summed E-state index contributed by atoms with van der Waals surface area (Å²) in [5.41, 5.74) is -0.208. The Balaban J connectivity index is 2.70. The summed E-state index contributed by atoms with van der Waals surface area (Å²) in [7, 11) is 0. The monoisotopic (exact) mass is 252 g/mol. The van der Waals surface area contributed by atoms with Gasteiger partial charge in [-0.2, -0.15) is 0 Å². The summed E-state index contributed by atoms with van der Waals surface area (Å²) in [6.45, 7) is -1.32. The maximum Gasteiger partial charge on any atom is 0.335 e. The number of phenolic OH excluding ortho intramolecular Hbond substituents is 1. The SMILES string of the molecule is O=c1n(CO)c(O)c(-c2ccc(O)cc2)n1CO. The number of nitrogens with zero attached hydrogens (tertiary/aromatic N) is 2. The van der Waals surface area contributed by atoms with E-state index in [9.17, 15) is 15.0 Å². The fourth-order valence-corrected chi connectivity index (χ4v) is 1.74. The maximum atomic E-state index is 11.7. The van der Waals surface area contributed by atoms with Crippen LogP contribution in [0.15, 0.2) is 29.1 Å². The van der Waals surface area contributed by atoms with E-state index < -0.39 is 25.0 Å². The zero-order chi connectivity index (χ0) is 13.3.